The molecule has 50 heavy (non-hydrogen) atoms. The van der Waals surface area contributed by atoms with E-state index in [2.05, 4.69) is 116 Å². The first-order valence-corrected chi connectivity index (χ1v) is 18.5. The van der Waals surface area contributed by atoms with E-state index in [1.165, 1.54) is 30.3 Å². The van der Waals surface area contributed by atoms with Gasteiger partial charge < -0.3 is 36.4 Å². The fourth-order valence-corrected chi connectivity index (χ4v) is 8.01. The Bertz CT molecular complexity index is 1990. The van der Waals surface area contributed by atoms with Gasteiger partial charge in [0, 0.05) is 50.6 Å². The van der Waals surface area contributed by atoms with Gasteiger partial charge in [0.1, 0.15) is 41.9 Å². The molecule has 2 fully saturated rings. The molecule has 8 rings (SSSR count). The van der Waals surface area contributed by atoms with Crippen LogP contribution < -0.4 is 22.5 Å². The number of nitrogens with zero attached hydrogens (tertiary/aromatic N) is 6. The Labute approximate surface area is 320 Å². The summed E-state index contributed by atoms with van der Waals surface area (Å²) >= 11 is 4.56. The Morgan fingerprint density at radius 3 is 1.68 bits per heavy atom. The second-order valence-corrected chi connectivity index (χ2v) is 14.8. The third kappa shape index (κ3) is 8.61. The summed E-state index contributed by atoms with van der Waals surface area (Å²) in [5, 5.41) is 5.48. The van der Waals surface area contributed by atoms with Gasteiger partial charge >= 0.3 is 0 Å². The lowest BCUT2D eigenvalue weighted by atomic mass is 9.80. The van der Waals surface area contributed by atoms with Crippen molar-refractivity contribution >= 4 is 85.2 Å². The van der Waals surface area contributed by atoms with Crippen LogP contribution in [-0.4, -0.2) is 41.9 Å². The smallest absolute Gasteiger partial charge is 0.146 e. The van der Waals surface area contributed by atoms with Gasteiger partial charge in [0.2, 0.25) is 0 Å². The van der Waals surface area contributed by atoms with Crippen molar-refractivity contribution in [3.63, 3.8) is 0 Å². The molecule has 4 aromatic heterocycles. The van der Waals surface area contributed by atoms with Crippen LogP contribution in [0.4, 0.5) is 11.6 Å². The average Bonchev–Trinajstić information content (AvgIpc) is 3.60. The predicted molar refractivity (Wildman–Crippen MR) is 218 cm³/mol. The van der Waals surface area contributed by atoms with Crippen LogP contribution in [0.3, 0.4) is 0 Å². The molecule has 0 spiro atoms. The molecule has 2 aromatic carbocycles. The molecule has 0 saturated heterocycles. The molecule has 6 aromatic rings. The van der Waals surface area contributed by atoms with E-state index < -0.39 is 0 Å². The minimum absolute atomic E-state index is 0. The molecule has 0 aliphatic heterocycles. The average molecular weight is 899 g/mol. The number of hydrogen-bond acceptors (Lipinski definition) is 9. The second kappa shape index (κ2) is 17.5. The van der Waals surface area contributed by atoms with E-state index in [1.54, 1.807) is 6.33 Å². The molecule has 11 nitrogen and oxygen atoms in total. The molecule has 7 N–H and O–H groups in total. The molecular formula is C37H44I2N10O. The fourth-order valence-electron chi connectivity index (χ4n) is 6.37. The first kappa shape index (κ1) is 37.6. The topological polar surface area (TPSA) is 169 Å². The number of hydrogen-bond donors (Lipinski definition) is 4. The number of nitrogens with one attached hydrogen (secondary N) is 1. The van der Waals surface area contributed by atoms with Gasteiger partial charge in [-0.2, -0.15) is 0 Å². The summed E-state index contributed by atoms with van der Waals surface area (Å²) in [6.07, 6.45) is 12.5. The van der Waals surface area contributed by atoms with Gasteiger partial charge in [0.15, 0.2) is 0 Å². The molecule has 2 aliphatic rings. The Morgan fingerprint density at radius 1 is 0.740 bits per heavy atom. The molecule has 2 aliphatic carbocycles. The standard InChI is InChI=1S/C18H20IN5.C11H11IN4O.C7H9N.CH4/c19-15-10-24(18-16(15)17(20)22-11-23-18)14-6-13(7-14)9-21-8-12-4-2-1-3-5-12;12-8-3-16(7-1-6(2-7)4-17)11-9(8)10(13)14-5-15-11;8-6-7-4-2-1-3-5-7;/h1-5,10-11,13-14,21H,6-9H2,(H2,20,22,23);3-7H,1-2H2,(H2,13,14,15);1-5H,6,8H2;1H4. The molecule has 0 amide bonds. The van der Waals surface area contributed by atoms with Crippen molar-refractivity contribution in [2.45, 2.75) is 58.3 Å². The van der Waals surface area contributed by atoms with Gasteiger partial charge in [-0.3, -0.25) is 0 Å². The van der Waals surface area contributed by atoms with Crippen molar-refractivity contribution in [3.05, 3.63) is 104 Å². The minimum Gasteiger partial charge on any atom is -0.383 e. The molecule has 0 radical (unpaired) electrons. The Morgan fingerprint density at radius 2 is 1.22 bits per heavy atom. The number of rotatable bonds is 8. The van der Waals surface area contributed by atoms with Gasteiger partial charge in [-0.1, -0.05) is 68.1 Å². The fraction of sp³-hybridized carbons (Fsp3) is 0.324. The van der Waals surface area contributed by atoms with Crippen molar-refractivity contribution < 1.29 is 4.79 Å². The highest BCUT2D eigenvalue weighted by molar-refractivity contribution is 14.1. The van der Waals surface area contributed by atoms with Gasteiger partial charge in [-0.05, 0) is 94.5 Å². The van der Waals surface area contributed by atoms with Crippen molar-refractivity contribution in [1.82, 2.24) is 34.4 Å². The zero-order chi connectivity index (χ0) is 34.3. The molecule has 0 bridgehead atoms. The zero-order valence-electron chi connectivity index (χ0n) is 27.0. The molecule has 0 unspecified atom stereocenters. The molecule has 4 heterocycles. The number of fused-ring (bicyclic) bond motifs is 2. The third-order valence-corrected chi connectivity index (χ3v) is 10.8. The van der Waals surface area contributed by atoms with Crippen molar-refractivity contribution in [3.8, 4) is 0 Å². The molecule has 262 valence electrons. The quantitative estimate of drug-likeness (QED) is 0.0938. The second-order valence-electron chi connectivity index (χ2n) is 12.5. The first-order valence-electron chi connectivity index (χ1n) is 16.3. The lowest BCUT2D eigenvalue weighted by molar-refractivity contribution is -0.114. The van der Waals surface area contributed by atoms with Crippen LogP contribution in [0.25, 0.3) is 22.1 Å². The SMILES string of the molecule is C.NCc1ccccc1.Nc1ncnc2c1c(I)cn2C1CC(C=O)C1.Nc1ncnc2c1c(I)cn2C1CC(CNCc2ccccc2)C1. The maximum absolute atomic E-state index is 10.6. The van der Waals surface area contributed by atoms with Crippen LogP contribution in [0.5, 0.6) is 0 Å². The molecule has 2 saturated carbocycles. The van der Waals surface area contributed by atoms with E-state index in [9.17, 15) is 4.79 Å². The van der Waals surface area contributed by atoms with E-state index in [1.807, 2.05) is 36.5 Å². The number of carbonyl (C=O) groups excluding carboxylic acids is 1. The maximum Gasteiger partial charge on any atom is 0.146 e. The van der Waals surface area contributed by atoms with Gasteiger partial charge in [0.25, 0.3) is 0 Å². The molecular weight excluding hydrogens is 854 g/mol. The first-order chi connectivity index (χ1) is 23.9. The number of benzene rings is 2. The summed E-state index contributed by atoms with van der Waals surface area (Å²) in [5.41, 5.74) is 21.6. The van der Waals surface area contributed by atoms with E-state index in [0.29, 0.717) is 30.3 Å². The highest BCUT2D eigenvalue weighted by Crippen LogP contribution is 2.41. The van der Waals surface area contributed by atoms with Crippen molar-refractivity contribution in [2.75, 3.05) is 18.0 Å². The van der Waals surface area contributed by atoms with Crippen molar-refractivity contribution in [2.24, 2.45) is 17.6 Å². The molecule has 0 atom stereocenters. The van der Waals surface area contributed by atoms with Crippen LogP contribution in [0.2, 0.25) is 0 Å². The van der Waals surface area contributed by atoms with Gasteiger partial charge in [-0.15, -0.1) is 0 Å². The Kier molecular flexibility index (Phi) is 13.2. The number of nitrogens with two attached hydrogens (primary N) is 3. The number of halogens is 2. The van der Waals surface area contributed by atoms with Gasteiger partial charge in [0.05, 0.1) is 10.8 Å². The van der Waals surface area contributed by atoms with E-state index >= 15 is 0 Å². The molecule has 13 heteroatoms. The number of carbonyl (C=O) groups is 1. The third-order valence-electron chi connectivity index (χ3n) is 9.21. The predicted octanol–water partition coefficient (Wildman–Crippen LogP) is 6.91. The van der Waals surface area contributed by atoms with Crippen LogP contribution in [0, 0.1) is 19.0 Å². The lowest BCUT2D eigenvalue weighted by Crippen LogP contribution is -2.34. The largest absolute Gasteiger partial charge is 0.383 e. The maximum atomic E-state index is 10.6. The normalized spacial score (nSPS) is 19.2. The lowest BCUT2D eigenvalue weighted by Gasteiger charge is -2.36. The van der Waals surface area contributed by atoms with E-state index in [-0.39, 0.29) is 13.3 Å². The summed E-state index contributed by atoms with van der Waals surface area (Å²) in [5.74, 6) is 2.02. The number of anilines is 2. The highest BCUT2D eigenvalue weighted by atomic mass is 127. The minimum atomic E-state index is 0. The van der Waals surface area contributed by atoms with Crippen LogP contribution >= 0.6 is 45.2 Å². The zero-order valence-corrected chi connectivity index (χ0v) is 31.3. The summed E-state index contributed by atoms with van der Waals surface area (Å²) in [6, 6.07) is 21.4. The van der Waals surface area contributed by atoms with E-state index in [0.717, 1.165) is 67.3 Å². The van der Waals surface area contributed by atoms with E-state index in [4.69, 9.17) is 17.2 Å². The van der Waals surface area contributed by atoms with Crippen molar-refractivity contribution in [1.29, 1.82) is 0 Å². The summed E-state index contributed by atoms with van der Waals surface area (Å²) in [4.78, 5) is 27.5. The monoisotopic (exact) mass is 898 g/mol. The highest BCUT2D eigenvalue weighted by Gasteiger charge is 2.32. The summed E-state index contributed by atoms with van der Waals surface area (Å²) < 4.78 is 6.59. The Balaban J connectivity index is 0.000000162. The number of nitrogen functional groups attached to an aromatic ring is 2. The number of aldehydes is 1. The van der Waals surface area contributed by atoms with Gasteiger partial charge in [-0.25, -0.2) is 19.9 Å². The van der Waals surface area contributed by atoms with Crippen LogP contribution in [0.15, 0.2) is 85.7 Å². The summed E-state index contributed by atoms with van der Waals surface area (Å²) in [6.45, 7) is 2.65. The Hall–Kier alpha value is -3.67. The van der Waals surface area contributed by atoms with Crippen LogP contribution in [-0.2, 0) is 17.9 Å². The summed E-state index contributed by atoms with van der Waals surface area (Å²) in [7, 11) is 0. The number of aromatic nitrogens is 6. The van der Waals surface area contributed by atoms with Crippen LogP contribution in [0.1, 0.15) is 56.3 Å².